The molecule has 0 fully saturated rings. The van der Waals surface area contributed by atoms with E-state index in [1.165, 1.54) is 5.56 Å². The van der Waals surface area contributed by atoms with Crippen LogP contribution in [0.25, 0.3) is 33.7 Å². The molecule has 0 spiro atoms. The van der Waals surface area contributed by atoms with Crippen LogP contribution in [-0.4, -0.2) is 35.2 Å². The van der Waals surface area contributed by atoms with Crippen molar-refractivity contribution in [2.75, 3.05) is 0 Å². The van der Waals surface area contributed by atoms with E-state index in [0.29, 0.717) is 5.82 Å². The molecule has 0 bridgehead atoms. The zero-order valence-electron chi connectivity index (χ0n) is 19.6. The van der Waals surface area contributed by atoms with E-state index in [-0.39, 0.29) is 52.8 Å². The van der Waals surface area contributed by atoms with Crippen molar-refractivity contribution in [3.8, 4) is 22.5 Å². The summed E-state index contributed by atoms with van der Waals surface area (Å²) in [5.74, 6) is 1.68. The second-order valence-corrected chi connectivity index (χ2v) is 7.64. The largest absolute Gasteiger partial charge is 1.00 e. The van der Waals surface area contributed by atoms with E-state index in [1.54, 1.807) is 0 Å². The zero-order valence-corrected chi connectivity index (χ0v) is 21.7. The smallest absolute Gasteiger partial charge is 1.00 e. The molecule has 5 rings (SSSR count). The molecule has 0 aliphatic heterocycles. The SMILES string of the molecule is CCCc1nc2c(C)ccnc2n1Cc1ccc(-c2ccccc2-c2nn[nH]n2)cc1.[H-].[K+]. The maximum atomic E-state index is 4.88. The number of pyridine rings is 1. The van der Waals surface area contributed by atoms with E-state index in [4.69, 9.17) is 4.98 Å². The molecule has 3 aromatic heterocycles. The van der Waals surface area contributed by atoms with Gasteiger partial charge in [-0.05, 0) is 46.9 Å². The number of hydrogen-bond donors (Lipinski definition) is 1. The molecule has 5 aromatic rings. The molecule has 156 valence electrons. The van der Waals surface area contributed by atoms with Crippen LogP contribution >= 0.6 is 0 Å². The summed E-state index contributed by atoms with van der Waals surface area (Å²) in [6.45, 7) is 5.02. The van der Waals surface area contributed by atoms with Crippen molar-refractivity contribution in [1.29, 1.82) is 0 Å². The van der Waals surface area contributed by atoms with Gasteiger partial charge in [-0.1, -0.05) is 55.5 Å². The summed E-state index contributed by atoms with van der Waals surface area (Å²) in [4.78, 5) is 9.51. The Labute approximate surface area is 230 Å². The minimum absolute atomic E-state index is 0. The van der Waals surface area contributed by atoms with Gasteiger partial charge in [0.05, 0.1) is 6.54 Å². The quantitative estimate of drug-likeness (QED) is 0.399. The summed E-state index contributed by atoms with van der Waals surface area (Å²) in [5.41, 5.74) is 7.46. The van der Waals surface area contributed by atoms with Crippen LogP contribution in [0.5, 0.6) is 0 Å². The Hall–Kier alpha value is -2.23. The van der Waals surface area contributed by atoms with Crippen LogP contribution in [0.1, 0.15) is 31.7 Å². The van der Waals surface area contributed by atoms with Gasteiger partial charge in [0, 0.05) is 18.2 Å². The Morgan fingerprint density at radius 2 is 1.78 bits per heavy atom. The van der Waals surface area contributed by atoms with Crippen LogP contribution in [0.4, 0.5) is 0 Å². The fraction of sp³-hybridized carbons (Fsp3) is 0.208. The molecule has 32 heavy (non-hydrogen) atoms. The van der Waals surface area contributed by atoms with Crippen molar-refractivity contribution in [3.05, 3.63) is 77.7 Å². The number of aromatic amines is 1. The van der Waals surface area contributed by atoms with Crippen molar-refractivity contribution < 1.29 is 52.8 Å². The predicted octanol–water partition coefficient (Wildman–Crippen LogP) is 1.70. The molecule has 0 unspecified atom stereocenters. The van der Waals surface area contributed by atoms with E-state index in [1.807, 2.05) is 30.5 Å². The third-order valence-corrected chi connectivity index (χ3v) is 5.51. The van der Waals surface area contributed by atoms with Gasteiger partial charge in [-0.25, -0.2) is 9.97 Å². The first-order valence-electron chi connectivity index (χ1n) is 10.5. The Kier molecular flexibility index (Phi) is 7.27. The van der Waals surface area contributed by atoms with Crippen molar-refractivity contribution >= 4 is 11.2 Å². The molecule has 0 amide bonds. The zero-order chi connectivity index (χ0) is 21.2. The van der Waals surface area contributed by atoms with Gasteiger partial charge < -0.3 is 5.99 Å². The number of aryl methyl sites for hydroxylation is 2. The molecule has 7 nitrogen and oxygen atoms in total. The number of hydrogen-bond acceptors (Lipinski definition) is 5. The van der Waals surface area contributed by atoms with Crippen molar-refractivity contribution in [1.82, 2.24) is 35.2 Å². The van der Waals surface area contributed by atoms with E-state index < -0.39 is 0 Å². The third-order valence-electron chi connectivity index (χ3n) is 5.51. The van der Waals surface area contributed by atoms with Crippen LogP contribution in [0.2, 0.25) is 0 Å². The average molecular weight is 450 g/mol. The van der Waals surface area contributed by atoms with Gasteiger partial charge in [-0.3, -0.25) is 0 Å². The molecule has 0 aliphatic carbocycles. The maximum Gasteiger partial charge on any atom is 1.00 e. The maximum absolute atomic E-state index is 4.88. The Bertz CT molecular complexity index is 1330. The van der Waals surface area contributed by atoms with Gasteiger partial charge in [0.2, 0.25) is 5.82 Å². The molecule has 0 radical (unpaired) electrons. The van der Waals surface area contributed by atoms with Gasteiger partial charge >= 0.3 is 51.4 Å². The first kappa shape index (κ1) is 22.9. The Morgan fingerprint density at radius 1 is 1.00 bits per heavy atom. The van der Waals surface area contributed by atoms with Crippen molar-refractivity contribution in [3.63, 3.8) is 0 Å². The summed E-state index contributed by atoms with van der Waals surface area (Å²) in [6.07, 6.45) is 3.85. The van der Waals surface area contributed by atoms with Crippen LogP contribution < -0.4 is 51.4 Å². The summed E-state index contributed by atoms with van der Waals surface area (Å²) in [5, 5.41) is 14.5. The Morgan fingerprint density at radius 3 is 2.50 bits per heavy atom. The monoisotopic (exact) mass is 449 g/mol. The molecule has 2 aromatic carbocycles. The van der Waals surface area contributed by atoms with Crippen LogP contribution in [0.3, 0.4) is 0 Å². The fourth-order valence-corrected chi connectivity index (χ4v) is 3.94. The molecule has 0 saturated heterocycles. The second kappa shape index (κ2) is 10.1. The number of nitrogens with zero attached hydrogens (tertiary/aromatic N) is 6. The fourth-order valence-electron chi connectivity index (χ4n) is 3.94. The number of fused-ring (bicyclic) bond motifs is 1. The molecule has 3 heterocycles. The predicted molar refractivity (Wildman–Crippen MR) is 122 cm³/mol. The van der Waals surface area contributed by atoms with Crippen molar-refractivity contribution in [2.45, 2.75) is 33.2 Å². The first-order chi connectivity index (χ1) is 15.2. The molecule has 0 saturated carbocycles. The third kappa shape index (κ3) is 4.46. The first-order valence-corrected chi connectivity index (χ1v) is 10.5. The minimum Gasteiger partial charge on any atom is -1.00 e. The molecule has 8 heteroatoms. The second-order valence-electron chi connectivity index (χ2n) is 7.64. The number of H-pyrrole nitrogens is 1. The summed E-state index contributed by atoms with van der Waals surface area (Å²) >= 11 is 0. The van der Waals surface area contributed by atoms with Gasteiger partial charge in [0.25, 0.3) is 0 Å². The van der Waals surface area contributed by atoms with E-state index >= 15 is 0 Å². The van der Waals surface area contributed by atoms with E-state index in [2.05, 4.69) is 74.4 Å². The molecular weight excluding hydrogens is 425 g/mol. The normalized spacial score (nSPS) is 10.9. The van der Waals surface area contributed by atoms with Crippen molar-refractivity contribution in [2.24, 2.45) is 0 Å². The number of aromatic nitrogens is 7. The van der Waals surface area contributed by atoms with Gasteiger partial charge in [-0.2, -0.15) is 5.21 Å². The summed E-state index contributed by atoms with van der Waals surface area (Å²) in [7, 11) is 0. The topological polar surface area (TPSA) is 85.2 Å². The van der Waals surface area contributed by atoms with Gasteiger partial charge in [-0.15, -0.1) is 10.2 Å². The van der Waals surface area contributed by atoms with Crippen LogP contribution in [0.15, 0.2) is 60.8 Å². The average Bonchev–Trinajstić information content (AvgIpc) is 3.45. The van der Waals surface area contributed by atoms with E-state index in [0.717, 1.165) is 58.6 Å². The van der Waals surface area contributed by atoms with E-state index in [9.17, 15) is 0 Å². The van der Waals surface area contributed by atoms with Crippen LogP contribution in [-0.2, 0) is 13.0 Å². The van der Waals surface area contributed by atoms with Gasteiger partial charge in [0.1, 0.15) is 11.3 Å². The standard InChI is InChI=1S/C24H23N7.K.H/c1-3-6-21-26-22-16(2)13-14-25-24(22)31(21)15-17-9-11-18(12-10-17)19-7-4-5-8-20(19)23-27-29-30-28-23;;/h4-5,7-14H,3,6,15H2,1-2H3,(H,27,28,29,30);;/q;+1;-1. The number of nitrogens with one attached hydrogen (secondary N) is 1. The number of benzene rings is 2. The van der Waals surface area contributed by atoms with Gasteiger partial charge in [0.15, 0.2) is 5.65 Å². The number of imidazole rings is 1. The summed E-state index contributed by atoms with van der Waals surface area (Å²) in [6, 6.07) is 18.7. The number of rotatable bonds is 6. The Balaban J connectivity index is 0.00000153. The minimum atomic E-state index is 0. The molecule has 1 N–H and O–H groups in total. The molecule has 0 aliphatic rings. The molecular formula is C24H24KN7. The number of tetrazole rings is 1. The van der Waals surface area contributed by atoms with Crippen LogP contribution in [0, 0.1) is 6.92 Å². The summed E-state index contributed by atoms with van der Waals surface area (Å²) < 4.78 is 2.24. The molecule has 0 atom stereocenters.